The van der Waals surface area contributed by atoms with Crippen molar-refractivity contribution in [1.82, 2.24) is 0 Å². The molecule has 69 heavy (non-hydrogen) atoms. The maximum Gasteiger partial charge on any atom is 0.242 e. The highest BCUT2D eigenvalue weighted by Crippen LogP contribution is 2.42. The number of hydrogen-bond acceptors (Lipinski definition) is 1. The molecule has 0 bridgehead atoms. The standard InChI is InChI=1S/C66H65B2N/c1-42-33-46(5)63(47(6)34-42)67(64-48(7)35-43(2)36-49(64)8)57-28-23-54(24-29-57)56-27-32-61(62(41-56)69(59-19-15-13-16-20-59)60-21-17-14-18-22-60)55-25-30-58(31-26-55)68(65-50(9)37-44(3)38-51(65)10)66-52(11)39-45(4)40-53(66)12/h13-41H,1-12H3. The number of rotatable bonds is 11. The molecular weight excluding hydrogens is 828 g/mol. The van der Waals surface area contributed by atoms with Crippen LogP contribution in [0.2, 0.25) is 0 Å². The normalized spacial score (nSPS) is 11.2. The average Bonchev–Trinajstić information content (AvgIpc) is 3.30. The smallest absolute Gasteiger partial charge is 0.242 e. The maximum atomic E-state index is 2.42. The first-order chi connectivity index (χ1) is 33.2. The zero-order valence-electron chi connectivity index (χ0n) is 42.8. The van der Waals surface area contributed by atoms with Gasteiger partial charge in [-0.25, -0.2) is 0 Å². The third-order valence-electron chi connectivity index (χ3n) is 14.5. The Labute approximate surface area is 414 Å². The second-order valence-corrected chi connectivity index (χ2v) is 20.1. The van der Waals surface area contributed by atoms with E-state index in [1.54, 1.807) is 0 Å². The van der Waals surface area contributed by atoms with Gasteiger partial charge in [0, 0.05) is 16.9 Å². The summed E-state index contributed by atoms with van der Waals surface area (Å²) in [7, 11) is 0. The molecule has 0 amide bonds. The van der Waals surface area contributed by atoms with Crippen LogP contribution in [0.15, 0.2) is 176 Å². The Morgan fingerprint density at radius 3 is 0.884 bits per heavy atom. The first-order valence-corrected chi connectivity index (χ1v) is 24.7. The van der Waals surface area contributed by atoms with Crippen molar-refractivity contribution in [2.24, 2.45) is 0 Å². The lowest BCUT2D eigenvalue weighted by Gasteiger charge is -2.29. The van der Waals surface area contributed by atoms with Crippen molar-refractivity contribution in [1.29, 1.82) is 0 Å². The van der Waals surface area contributed by atoms with E-state index in [1.807, 2.05) is 0 Å². The Hall–Kier alpha value is -7.09. The van der Waals surface area contributed by atoms with Gasteiger partial charge in [0.2, 0.25) is 13.4 Å². The minimum atomic E-state index is 0.104. The number of anilines is 3. The molecule has 0 saturated carbocycles. The highest BCUT2D eigenvalue weighted by molar-refractivity contribution is 6.97. The topological polar surface area (TPSA) is 3.24 Å². The zero-order chi connectivity index (χ0) is 48.7. The van der Waals surface area contributed by atoms with Crippen molar-refractivity contribution in [2.75, 3.05) is 4.90 Å². The third kappa shape index (κ3) is 9.41. The first-order valence-electron chi connectivity index (χ1n) is 24.7. The molecule has 1 nitrogen and oxygen atoms in total. The van der Waals surface area contributed by atoms with Gasteiger partial charge in [-0.3, -0.25) is 0 Å². The van der Waals surface area contributed by atoms with Crippen molar-refractivity contribution < 1.29 is 0 Å². The fourth-order valence-corrected chi connectivity index (χ4v) is 12.0. The van der Waals surface area contributed by atoms with Crippen LogP contribution < -0.4 is 37.7 Å². The van der Waals surface area contributed by atoms with Gasteiger partial charge >= 0.3 is 0 Å². The summed E-state index contributed by atoms with van der Waals surface area (Å²) in [6, 6.07) is 66.4. The fraction of sp³-hybridized carbons (Fsp3) is 0.182. The molecule has 9 aromatic rings. The highest BCUT2D eigenvalue weighted by atomic mass is 15.1. The summed E-state index contributed by atoms with van der Waals surface area (Å²) in [5.41, 5.74) is 32.2. The van der Waals surface area contributed by atoms with Gasteiger partial charge in [-0.1, -0.05) is 245 Å². The predicted molar refractivity (Wildman–Crippen MR) is 304 cm³/mol. The van der Waals surface area contributed by atoms with Crippen LogP contribution in [0.5, 0.6) is 0 Å². The summed E-state index contributed by atoms with van der Waals surface area (Å²) >= 11 is 0. The monoisotopic (exact) mass is 894 g/mol. The number of aryl methyl sites for hydroxylation is 12. The van der Waals surface area contributed by atoms with Crippen LogP contribution in [-0.4, -0.2) is 13.4 Å². The number of nitrogens with zero attached hydrogens (tertiary/aromatic N) is 1. The molecule has 0 heterocycles. The zero-order valence-corrected chi connectivity index (χ0v) is 42.8. The summed E-state index contributed by atoms with van der Waals surface area (Å²) in [6.07, 6.45) is 0. The van der Waals surface area contributed by atoms with Gasteiger partial charge in [-0.2, -0.15) is 0 Å². The van der Waals surface area contributed by atoms with E-state index in [4.69, 9.17) is 0 Å². The van der Waals surface area contributed by atoms with Gasteiger partial charge in [-0.05, 0) is 130 Å². The number of hydrogen-bond donors (Lipinski definition) is 0. The van der Waals surface area contributed by atoms with E-state index >= 15 is 0 Å². The molecule has 0 unspecified atom stereocenters. The van der Waals surface area contributed by atoms with E-state index in [0.29, 0.717) is 0 Å². The predicted octanol–water partition coefficient (Wildman–Crippen LogP) is 13.2. The molecule has 0 spiro atoms. The lowest BCUT2D eigenvalue weighted by molar-refractivity contribution is 1.28. The summed E-state index contributed by atoms with van der Waals surface area (Å²) < 4.78 is 0. The Morgan fingerprint density at radius 2 is 0.565 bits per heavy atom. The molecule has 0 saturated heterocycles. The maximum absolute atomic E-state index is 2.42. The quantitative estimate of drug-likeness (QED) is 0.117. The second-order valence-electron chi connectivity index (χ2n) is 20.1. The van der Waals surface area contributed by atoms with Crippen LogP contribution in [0.3, 0.4) is 0 Å². The molecule has 0 fully saturated rings. The molecule has 0 atom stereocenters. The average molecular weight is 894 g/mol. The van der Waals surface area contributed by atoms with E-state index < -0.39 is 0 Å². The molecule has 3 heteroatoms. The molecule has 0 aliphatic heterocycles. The van der Waals surface area contributed by atoms with Gasteiger partial charge in [0.05, 0.1) is 5.69 Å². The molecule has 0 radical (unpaired) electrons. The Morgan fingerprint density at radius 1 is 0.275 bits per heavy atom. The lowest BCUT2D eigenvalue weighted by atomic mass is 9.34. The molecule has 9 aromatic carbocycles. The van der Waals surface area contributed by atoms with E-state index in [9.17, 15) is 0 Å². The summed E-state index contributed by atoms with van der Waals surface area (Å²) in [4.78, 5) is 2.42. The van der Waals surface area contributed by atoms with Gasteiger partial charge in [0.25, 0.3) is 0 Å². The SMILES string of the molecule is Cc1cc(C)c(B(c2ccc(-c3ccc(-c4ccc(B(c5c(C)cc(C)cc5C)c5c(C)cc(C)cc5C)cc4)c(N(c4ccccc4)c4ccccc4)c3)cc2)c2c(C)cc(C)cc2C)c(C)c1. The molecular formula is C66H65B2N. The summed E-state index contributed by atoms with van der Waals surface area (Å²) in [5.74, 6) is 0. The van der Waals surface area contributed by atoms with Gasteiger partial charge in [0.1, 0.15) is 0 Å². The van der Waals surface area contributed by atoms with E-state index in [1.165, 1.54) is 122 Å². The van der Waals surface area contributed by atoms with Crippen molar-refractivity contribution in [3.05, 3.63) is 243 Å². The molecule has 0 aliphatic rings. The molecule has 340 valence electrons. The molecule has 0 aliphatic carbocycles. The van der Waals surface area contributed by atoms with Crippen molar-refractivity contribution in [3.8, 4) is 22.3 Å². The van der Waals surface area contributed by atoms with Crippen LogP contribution in [0, 0.1) is 83.1 Å². The Kier molecular flexibility index (Phi) is 13.3. The largest absolute Gasteiger partial charge is 0.310 e. The van der Waals surface area contributed by atoms with E-state index in [-0.39, 0.29) is 13.4 Å². The first kappa shape index (κ1) is 47.0. The van der Waals surface area contributed by atoms with Crippen LogP contribution in [0.1, 0.15) is 66.8 Å². The molecule has 0 N–H and O–H groups in total. The van der Waals surface area contributed by atoms with Crippen LogP contribution in [0.25, 0.3) is 22.3 Å². The van der Waals surface area contributed by atoms with Crippen molar-refractivity contribution >= 4 is 63.3 Å². The van der Waals surface area contributed by atoms with E-state index in [0.717, 1.165) is 17.1 Å². The van der Waals surface area contributed by atoms with E-state index in [2.05, 4.69) is 264 Å². The summed E-state index contributed by atoms with van der Waals surface area (Å²) in [6.45, 7) is 27.3. The highest BCUT2D eigenvalue weighted by Gasteiger charge is 2.30. The van der Waals surface area contributed by atoms with Crippen molar-refractivity contribution in [2.45, 2.75) is 83.1 Å². The summed E-state index contributed by atoms with van der Waals surface area (Å²) in [5, 5.41) is 0. The molecule has 0 aromatic heterocycles. The number of benzene rings is 9. The Balaban J connectivity index is 1.20. The molecule has 9 rings (SSSR count). The van der Waals surface area contributed by atoms with Gasteiger partial charge in [-0.15, -0.1) is 0 Å². The van der Waals surface area contributed by atoms with Gasteiger partial charge < -0.3 is 4.90 Å². The van der Waals surface area contributed by atoms with Crippen LogP contribution >= 0.6 is 0 Å². The lowest BCUT2D eigenvalue weighted by Crippen LogP contribution is -2.55. The fourth-order valence-electron chi connectivity index (χ4n) is 12.0. The van der Waals surface area contributed by atoms with Crippen molar-refractivity contribution in [3.63, 3.8) is 0 Å². The third-order valence-corrected chi connectivity index (χ3v) is 14.5. The van der Waals surface area contributed by atoms with Gasteiger partial charge in [0.15, 0.2) is 0 Å². The number of para-hydroxylation sites is 2. The Bertz CT molecular complexity index is 3080. The minimum Gasteiger partial charge on any atom is -0.310 e. The van der Waals surface area contributed by atoms with Crippen LogP contribution in [0.4, 0.5) is 17.1 Å². The second kappa shape index (κ2) is 19.5. The minimum absolute atomic E-state index is 0.104. The van der Waals surface area contributed by atoms with Crippen LogP contribution in [-0.2, 0) is 0 Å².